The van der Waals surface area contributed by atoms with E-state index in [0.717, 1.165) is 33.4 Å². The molecule has 0 fully saturated rings. The number of nitrogens with one attached hydrogen (secondary N) is 1. The molecule has 116 valence electrons. The molecule has 23 heavy (non-hydrogen) atoms. The molecule has 0 aliphatic heterocycles. The summed E-state index contributed by atoms with van der Waals surface area (Å²) in [6, 6.07) is 14.0. The Labute approximate surface area is 139 Å². The molecule has 3 aromatic rings. The van der Waals surface area contributed by atoms with E-state index in [1.54, 1.807) is 11.8 Å². The predicted molar refractivity (Wildman–Crippen MR) is 95.8 cm³/mol. The molecule has 3 rings (SSSR count). The van der Waals surface area contributed by atoms with Gasteiger partial charge in [-0.1, -0.05) is 18.2 Å². The number of amides is 1. The number of fused-ring (bicyclic) bond motifs is 1. The van der Waals surface area contributed by atoms with Crippen molar-refractivity contribution in [2.45, 2.75) is 18.7 Å². The van der Waals surface area contributed by atoms with Crippen molar-refractivity contribution in [2.24, 2.45) is 0 Å². The average Bonchev–Trinajstić information content (AvgIpc) is 2.55. The first-order chi connectivity index (χ1) is 11.1. The second kappa shape index (κ2) is 6.38. The van der Waals surface area contributed by atoms with Gasteiger partial charge < -0.3 is 5.32 Å². The first kappa shape index (κ1) is 15.5. The summed E-state index contributed by atoms with van der Waals surface area (Å²) in [7, 11) is 0. The van der Waals surface area contributed by atoms with Crippen molar-refractivity contribution in [3.8, 4) is 11.3 Å². The molecule has 0 radical (unpaired) electrons. The number of aromatic nitrogens is 2. The lowest BCUT2D eigenvalue weighted by Gasteiger charge is -2.09. The summed E-state index contributed by atoms with van der Waals surface area (Å²) in [6.07, 6.45) is 2.06. The smallest absolute Gasteiger partial charge is 0.221 e. The Morgan fingerprint density at radius 1 is 1.04 bits per heavy atom. The van der Waals surface area contributed by atoms with Gasteiger partial charge in [-0.25, -0.2) is 0 Å². The van der Waals surface area contributed by atoms with Crippen LogP contribution in [0.2, 0.25) is 0 Å². The second-order valence-corrected chi connectivity index (χ2v) is 6.18. The lowest BCUT2D eigenvalue weighted by molar-refractivity contribution is -0.114. The van der Waals surface area contributed by atoms with Gasteiger partial charge in [-0.15, -0.1) is 16.9 Å². The molecule has 0 aliphatic rings. The summed E-state index contributed by atoms with van der Waals surface area (Å²) in [5.74, 6) is -0.0806. The maximum absolute atomic E-state index is 11.1. The van der Waals surface area contributed by atoms with Gasteiger partial charge in [0, 0.05) is 33.8 Å². The van der Waals surface area contributed by atoms with Crippen molar-refractivity contribution >= 4 is 34.1 Å². The van der Waals surface area contributed by atoms with E-state index < -0.39 is 0 Å². The van der Waals surface area contributed by atoms with Crippen LogP contribution < -0.4 is 5.32 Å². The zero-order valence-electron chi connectivity index (χ0n) is 13.3. The third kappa shape index (κ3) is 3.19. The van der Waals surface area contributed by atoms with Crippen LogP contribution in [-0.2, 0) is 4.79 Å². The molecule has 4 nitrogen and oxygen atoms in total. The van der Waals surface area contributed by atoms with E-state index in [9.17, 15) is 4.79 Å². The van der Waals surface area contributed by atoms with Gasteiger partial charge in [0.1, 0.15) is 5.69 Å². The van der Waals surface area contributed by atoms with Crippen LogP contribution in [0.3, 0.4) is 0 Å². The molecular formula is C18H17N3OS. The Morgan fingerprint density at radius 3 is 2.43 bits per heavy atom. The van der Waals surface area contributed by atoms with E-state index >= 15 is 0 Å². The molecule has 1 heterocycles. The highest BCUT2D eigenvalue weighted by Crippen LogP contribution is 2.30. The van der Waals surface area contributed by atoms with Crippen LogP contribution in [0.25, 0.3) is 22.0 Å². The summed E-state index contributed by atoms with van der Waals surface area (Å²) >= 11 is 1.71. The van der Waals surface area contributed by atoms with E-state index in [2.05, 4.69) is 40.0 Å². The summed E-state index contributed by atoms with van der Waals surface area (Å²) in [5.41, 5.74) is 3.53. The van der Waals surface area contributed by atoms with Crippen LogP contribution in [-0.4, -0.2) is 22.4 Å². The zero-order valence-corrected chi connectivity index (χ0v) is 14.1. The zero-order chi connectivity index (χ0) is 16.4. The highest BCUT2D eigenvalue weighted by molar-refractivity contribution is 7.98. The maximum atomic E-state index is 11.1. The molecule has 0 spiro atoms. The van der Waals surface area contributed by atoms with Crippen molar-refractivity contribution < 1.29 is 4.79 Å². The molecule has 0 saturated heterocycles. The molecular weight excluding hydrogens is 306 g/mol. The third-order valence-electron chi connectivity index (χ3n) is 3.65. The molecule has 1 amide bonds. The largest absolute Gasteiger partial charge is 0.326 e. The number of hydrogen-bond donors (Lipinski definition) is 1. The number of rotatable bonds is 3. The van der Waals surface area contributed by atoms with Crippen LogP contribution in [0.4, 0.5) is 5.69 Å². The molecule has 5 heteroatoms. The summed E-state index contributed by atoms with van der Waals surface area (Å²) in [5, 5.41) is 13.7. The SMILES string of the molecule is CSc1ccc2c(-c3ccc(NC(C)=O)cc3)nnc(C)c2c1. The third-order valence-corrected chi connectivity index (χ3v) is 4.38. The van der Waals surface area contributed by atoms with Gasteiger partial charge in [0.2, 0.25) is 5.91 Å². The minimum atomic E-state index is -0.0806. The number of hydrogen-bond acceptors (Lipinski definition) is 4. The van der Waals surface area contributed by atoms with E-state index in [1.807, 2.05) is 31.2 Å². The van der Waals surface area contributed by atoms with Crippen LogP contribution in [0, 0.1) is 6.92 Å². The van der Waals surface area contributed by atoms with Crippen molar-refractivity contribution in [3.05, 3.63) is 48.2 Å². The molecule has 0 bridgehead atoms. The lowest BCUT2D eigenvalue weighted by atomic mass is 10.0. The van der Waals surface area contributed by atoms with Crippen molar-refractivity contribution in [2.75, 3.05) is 11.6 Å². The van der Waals surface area contributed by atoms with Gasteiger partial charge >= 0.3 is 0 Å². The fourth-order valence-corrected chi connectivity index (χ4v) is 2.96. The molecule has 0 saturated carbocycles. The second-order valence-electron chi connectivity index (χ2n) is 5.30. The highest BCUT2D eigenvalue weighted by atomic mass is 32.2. The maximum Gasteiger partial charge on any atom is 0.221 e. The van der Waals surface area contributed by atoms with Crippen LogP contribution in [0.1, 0.15) is 12.6 Å². The van der Waals surface area contributed by atoms with Gasteiger partial charge in [0.15, 0.2) is 0 Å². The standard InChI is InChI=1S/C18H17N3OS/c1-11-17-10-15(23-3)8-9-16(17)18(21-20-11)13-4-6-14(7-5-13)19-12(2)22/h4-10H,1-3H3,(H,19,22). The van der Waals surface area contributed by atoms with Gasteiger partial charge in [-0.2, -0.15) is 5.10 Å². The molecule has 0 unspecified atom stereocenters. The molecule has 1 N–H and O–H groups in total. The van der Waals surface area contributed by atoms with Crippen LogP contribution in [0.5, 0.6) is 0 Å². The number of carbonyl (C=O) groups is 1. The first-order valence-corrected chi connectivity index (χ1v) is 8.50. The van der Waals surface area contributed by atoms with E-state index in [1.165, 1.54) is 11.8 Å². The fourth-order valence-electron chi connectivity index (χ4n) is 2.52. The Morgan fingerprint density at radius 2 is 1.78 bits per heavy atom. The number of thioether (sulfide) groups is 1. The minimum absolute atomic E-state index is 0.0806. The van der Waals surface area contributed by atoms with Crippen LogP contribution >= 0.6 is 11.8 Å². The van der Waals surface area contributed by atoms with Gasteiger partial charge in [0.05, 0.1) is 5.69 Å². The Kier molecular flexibility index (Phi) is 4.30. The quantitative estimate of drug-likeness (QED) is 0.731. The lowest BCUT2D eigenvalue weighted by Crippen LogP contribution is -2.05. The highest BCUT2D eigenvalue weighted by Gasteiger charge is 2.10. The fraction of sp³-hybridized carbons (Fsp3) is 0.167. The van der Waals surface area contributed by atoms with E-state index in [-0.39, 0.29) is 5.91 Å². The Balaban J connectivity index is 2.09. The number of benzene rings is 2. The van der Waals surface area contributed by atoms with Gasteiger partial charge in [0.25, 0.3) is 0 Å². The molecule has 0 aliphatic carbocycles. The van der Waals surface area contributed by atoms with E-state index in [4.69, 9.17) is 0 Å². The number of aryl methyl sites for hydroxylation is 1. The summed E-state index contributed by atoms with van der Waals surface area (Å²) in [6.45, 7) is 3.47. The average molecular weight is 323 g/mol. The van der Waals surface area contributed by atoms with Crippen molar-refractivity contribution in [3.63, 3.8) is 0 Å². The molecule has 2 aromatic carbocycles. The normalized spacial score (nSPS) is 10.7. The topological polar surface area (TPSA) is 54.9 Å². The predicted octanol–water partition coefficient (Wildman–Crippen LogP) is 4.29. The van der Waals surface area contributed by atoms with Crippen molar-refractivity contribution in [1.29, 1.82) is 0 Å². The number of nitrogens with zero attached hydrogens (tertiary/aromatic N) is 2. The Bertz CT molecular complexity index is 875. The molecule has 0 atom stereocenters. The monoisotopic (exact) mass is 323 g/mol. The molecule has 1 aromatic heterocycles. The summed E-state index contributed by atoms with van der Waals surface area (Å²) < 4.78 is 0. The Hall–Kier alpha value is -2.40. The van der Waals surface area contributed by atoms with Gasteiger partial charge in [-0.3, -0.25) is 4.79 Å². The first-order valence-electron chi connectivity index (χ1n) is 7.27. The number of anilines is 1. The van der Waals surface area contributed by atoms with E-state index in [0.29, 0.717) is 0 Å². The summed E-state index contributed by atoms with van der Waals surface area (Å²) in [4.78, 5) is 12.3. The van der Waals surface area contributed by atoms with Crippen LogP contribution in [0.15, 0.2) is 47.4 Å². The van der Waals surface area contributed by atoms with Crippen molar-refractivity contribution in [1.82, 2.24) is 10.2 Å². The minimum Gasteiger partial charge on any atom is -0.326 e. The number of carbonyl (C=O) groups excluding carboxylic acids is 1. The van der Waals surface area contributed by atoms with Gasteiger partial charge in [-0.05, 0) is 37.4 Å².